The lowest BCUT2D eigenvalue weighted by atomic mass is 9.94. The summed E-state index contributed by atoms with van der Waals surface area (Å²) in [6, 6.07) is 18.3. The molecule has 9 heteroatoms. The van der Waals surface area contributed by atoms with Crippen LogP contribution in [0.2, 0.25) is 0 Å². The zero-order valence-corrected chi connectivity index (χ0v) is 22.0. The van der Waals surface area contributed by atoms with Crippen LogP contribution in [0.25, 0.3) is 0 Å². The van der Waals surface area contributed by atoms with Gasteiger partial charge in [-0.15, -0.1) is 11.3 Å². The second-order valence-corrected chi connectivity index (χ2v) is 10.3. The molecule has 0 radical (unpaired) electrons. The molecule has 0 unspecified atom stereocenters. The van der Waals surface area contributed by atoms with E-state index < -0.39 is 30.4 Å². The molecule has 37 heavy (non-hydrogen) atoms. The molecule has 0 aliphatic carbocycles. The molecule has 0 fully saturated rings. The fraction of sp³-hybridized carbons (Fsp3) is 0.393. The summed E-state index contributed by atoms with van der Waals surface area (Å²) < 4.78 is 10.7. The van der Waals surface area contributed by atoms with E-state index in [0.717, 1.165) is 16.0 Å². The first-order valence-corrected chi connectivity index (χ1v) is 13.3. The van der Waals surface area contributed by atoms with Crippen LogP contribution in [0.5, 0.6) is 0 Å². The van der Waals surface area contributed by atoms with Crippen LogP contribution in [-0.2, 0) is 28.9 Å². The van der Waals surface area contributed by atoms with E-state index >= 15 is 0 Å². The first kappa shape index (κ1) is 28.1. The lowest BCUT2D eigenvalue weighted by Gasteiger charge is -2.28. The monoisotopic (exact) mass is 525 g/mol. The van der Waals surface area contributed by atoms with Gasteiger partial charge >= 0.3 is 12.2 Å². The van der Waals surface area contributed by atoms with Gasteiger partial charge in [0.1, 0.15) is 6.61 Å². The quantitative estimate of drug-likeness (QED) is 0.298. The molecule has 3 N–H and O–H groups in total. The largest absolute Gasteiger partial charge is 0.449 e. The van der Waals surface area contributed by atoms with E-state index in [0.29, 0.717) is 19.4 Å². The van der Waals surface area contributed by atoms with Crippen molar-refractivity contribution in [2.24, 2.45) is 5.92 Å². The summed E-state index contributed by atoms with van der Waals surface area (Å²) in [5.74, 6) is 0.208. The second-order valence-electron chi connectivity index (χ2n) is 9.31. The number of nitrogens with one attached hydrogen (secondary N) is 2. The summed E-state index contributed by atoms with van der Waals surface area (Å²) in [4.78, 5) is 29.9. The highest BCUT2D eigenvalue weighted by Crippen LogP contribution is 2.15. The van der Waals surface area contributed by atoms with E-state index in [2.05, 4.69) is 15.6 Å². The van der Waals surface area contributed by atoms with Crippen molar-refractivity contribution in [1.82, 2.24) is 15.6 Å². The molecule has 198 valence electrons. The van der Waals surface area contributed by atoms with Gasteiger partial charge in [-0.1, -0.05) is 74.5 Å². The van der Waals surface area contributed by atoms with Gasteiger partial charge in [0.25, 0.3) is 0 Å². The highest BCUT2D eigenvalue weighted by atomic mass is 32.1. The lowest BCUT2D eigenvalue weighted by Crippen LogP contribution is -2.48. The average molecular weight is 526 g/mol. The molecule has 3 rings (SSSR count). The molecule has 0 saturated carbocycles. The Balaban J connectivity index is 1.69. The van der Waals surface area contributed by atoms with Crippen molar-refractivity contribution in [3.63, 3.8) is 0 Å². The van der Waals surface area contributed by atoms with Crippen LogP contribution in [0, 0.1) is 5.92 Å². The second kappa shape index (κ2) is 15.0. The Morgan fingerprint density at radius 3 is 2.14 bits per heavy atom. The maximum atomic E-state index is 12.6. The van der Waals surface area contributed by atoms with E-state index in [1.54, 1.807) is 11.7 Å². The van der Waals surface area contributed by atoms with Gasteiger partial charge in [-0.2, -0.15) is 0 Å². The number of carbonyl (C=O) groups excluding carboxylic acids is 2. The van der Waals surface area contributed by atoms with Crippen LogP contribution in [0.3, 0.4) is 0 Å². The Hall–Kier alpha value is -3.43. The molecule has 0 bridgehead atoms. The Bertz CT molecular complexity index is 1060. The van der Waals surface area contributed by atoms with Crippen molar-refractivity contribution < 1.29 is 24.2 Å². The number of benzene rings is 2. The number of nitrogens with zero attached hydrogens (tertiary/aromatic N) is 1. The van der Waals surface area contributed by atoms with Crippen molar-refractivity contribution >= 4 is 23.5 Å². The number of rotatable bonds is 13. The van der Waals surface area contributed by atoms with Gasteiger partial charge in [-0.3, -0.25) is 4.98 Å². The molecule has 8 nitrogen and oxygen atoms in total. The molecule has 2 amide bonds. The van der Waals surface area contributed by atoms with Crippen LogP contribution in [0.1, 0.15) is 36.3 Å². The predicted molar refractivity (Wildman–Crippen MR) is 143 cm³/mol. The number of aliphatic hydroxyl groups excluding tert-OH is 1. The lowest BCUT2D eigenvalue weighted by molar-refractivity contribution is 0.0859. The van der Waals surface area contributed by atoms with Gasteiger partial charge in [-0.05, 0) is 36.3 Å². The topological polar surface area (TPSA) is 110 Å². The number of thiazole rings is 1. The van der Waals surface area contributed by atoms with Crippen molar-refractivity contribution in [3.8, 4) is 0 Å². The zero-order chi connectivity index (χ0) is 26.5. The standard InChI is InChI=1S/C28H35N3O5S/c1-20(2)17-35-27(33)30-23(13-21-9-5-3-6-10-21)15-26(32)25(14-22-11-7-4-8-12-22)31-28(34)36-18-24-16-29-19-37-24/h3-12,16,19-20,23,25-26,32H,13-15,17-18H2,1-2H3,(H,30,33)(H,31,34)/t23-,25-,26-/m0/s1. The summed E-state index contributed by atoms with van der Waals surface area (Å²) in [6.07, 6.45) is 0.631. The summed E-state index contributed by atoms with van der Waals surface area (Å²) in [6.45, 7) is 4.33. The smallest absolute Gasteiger partial charge is 0.407 e. The third-order valence-electron chi connectivity index (χ3n) is 5.62. The number of ether oxygens (including phenoxy) is 2. The van der Waals surface area contributed by atoms with Gasteiger partial charge in [0.15, 0.2) is 0 Å². The Morgan fingerprint density at radius 2 is 1.54 bits per heavy atom. The number of aromatic nitrogens is 1. The minimum Gasteiger partial charge on any atom is -0.449 e. The minimum absolute atomic E-state index is 0.102. The van der Waals surface area contributed by atoms with Gasteiger partial charge in [0, 0.05) is 12.2 Å². The normalized spacial score (nSPS) is 13.4. The SMILES string of the molecule is CC(C)COC(=O)N[C@@H](Cc1ccccc1)C[C@H](O)[C@H](Cc1ccccc1)NC(=O)OCc1cncs1. The predicted octanol–water partition coefficient (Wildman–Crippen LogP) is 4.73. The molecule has 0 aliphatic heterocycles. The van der Waals surface area contributed by atoms with Crippen LogP contribution in [0.4, 0.5) is 9.59 Å². The van der Waals surface area contributed by atoms with Gasteiger partial charge < -0.3 is 25.2 Å². The van der Waals surface area contributed by atoms with Crippen LogP contribution in [0.15, 0.2) is 72.4 Å². The number of aliphatic hydroxyl groups is 1. The molecule has 3 atom stereocenters. The van der Waals surface area contributed by atoms with Gasteiger partial charge in [-0.25, -0.2) is 9.59 Å². The summed E-state index contributed by atoms with van der Waals surface area (Å²) in [5.41, 5.74) is 3.64. The van der Waals surface area contributed by atoms with Gasteiger partial charge in [0.2, 0.25) is 0 Å². The van der Waals surface area contributed by atoms with E-state index in [9.17, 15) is 14.7 Å². The van der Waals surface area contributed by atoms with Crippen molar-refractivity contribution in [1.29, 1.82) is 0 Å². The summed E-state index contributed by atoms with van der Waals surface area (Å²) in [5, 5.41) is 17.0. The molecule has 1 aromatic heterocycles. The van der Waals surface area contributed by atoms with E-state index in [1.165, 1.54) is 11.3 Å². The third kappa shape index (κ3) is 10.6. The number of hydrogen-bond donors (Lipinski definition) is 3. The molecule has 0 aliphatic rings. The fourth-order valence-corrected chi connectivity index (χ4v) is 4.30. The Morgan fingerprint density at radius 1 is 0.919 bits per heavy atom. The Kier molecular flexibility index (Phi) is 11.4. The molecular weight excluding hydrogens is 490 g/mol. The first-order valence-electron chi connectivity index (χ1n) is 12.4. The van der Waals surface area contributed by atoms with Crippen LogP contribution in [-0.4, -0.2) is 47.1 Å². The van der Waals surface area contributed by atoms with Gasteiger partial charge in [0.05, 0.1) is 29.1 Å². The molecule has 2 aromatic carbocycles. The fourth-order valence-electron chi connectivity index (χ4n) is 3.79. The molecule has 1 heterocycles. The van der Waals surface area contributed by atoms with Crippen LogP contribution >= 0.6 is 11.3 Å². The molecule has 0 spiro atoms. The molecule has 0 saturated heterocycles. The van der Waals surface area contributed by atoms with E-state index in [-0.39, 0.29) is 18.9 Å². The van der Waals surface area contributed by atoms with Crippen molar-refractivity contribution in [3.05, 3.63) is 88.4 Å². The number of alkyl carbamates (subject to hydrolysis) is 2. The maximum Gasteiger partial charge on any atom is 0.407 e. The molecular formula is C28H35N3O5S. The van der Waals surface area contributed by atoms with E-state index in [4.69, 9.17) is 9.47 Å². The average Bonchev–Trinajstić information content (AvgIpc) is 3.41. The number of carbonyl (C=O) groups is 2. The van der Waals surface area contributed by atoms with Crippen molar-refractivity contribution in [2.75, 3.05) is 6.61 Å². The highest BCUT2D eigenvalue weighted by molar-refractivity contribution is 7.09. The minimum atomic E-state index is -0.963. The third-order valence-corrected chi connectivity index (χ3v) is 6.37. The number of hydrogen-bond acceptors (Lipinski definition) is 7. The molecule has 3 aromatic rings. The zero-order valence-electron chi connectivity index (χ0n) is 21.2. The van der Waals surface area contributed by atoms with Crippen molar-refractivity contribution in [2.45, 2.75) is 57.9 Å². The maximum absolute atomic E-state index is 12.6. The number of amides is 2. The van der Waals surface area contributed by atoms with E-state index in [1.807, 2.05) is 74.5 Å². The summed E-state index contributed by atoms with van der Waals surface area (Å²) >= 11 is 1.40. The summed E-state index contributed by atoms with van der Waals surface area (Å²) in [7, 11) is 0. The first-order chi connectivity index (χ1) is 17.9. The Labute approximate surface area is 222 Å². The highest BCUT2D eigenvalue weighted by Gasteiger charge is 2.27. The van der Waals surface area contributed by atoms with Crippen LogP contribution < -0.4 is 10.6 Å².